The van der Waals surface area contributed by atoms with E-state index in [1.165, 1.54) is 0 Å². The number of hydrogen-bond donors (Lipinski definition) is 1. The Labute approximate surface area is 155 Å². The molecule has 26 heavy (non-hydrogen) atoms. The zero-order valence-corrected chi connectivity index (χ0v) is 16.2. The van der Waals surface area contributed by atoms with E-state index in [1.807, 2.05) is 45.9 Å². The molecule has 0 spiro atoms. The molecule has 0 aromatic heterocycles. The Kier molecular flexibility index (Phi) is 5.76. The number of nitrogens with zero attached hydrogens (tertiary/aromatic N) is 1. The predicted octanol–water partition coefficient (Wildman–Crippen LogP) is 4.29. The quantitative estimate of drug-likeness (QED) is 0.641. The molecule has 0 unspecified atom stereocenters. The zero-order valence-electron chi connectivity index (χ0n) is 16.2. The molecular weight excluding hydrogens is 332 g/mol. The topological polar surface area (TPSA) is 67.9 Å². The molecule has 1 N–H and O–H groups in total. The number of hydrogen-bond acceptors (Lipinski definition) is 5. The summed E-state index contributed by atoms with van der Waals surface area (Å²) >= 11 is 0. The lowest BCUT2D eigenvalue weighted by molar-refractivity contribution is -0.253. The van der Waals surface area contributed by atoms with Gasteiger partial charge in [0.2, 0.25) is 0 Å². The molecule has 0 atom stereocenters. The summed E-state index contributed by atoms with van der Waals surface area (Å²) in [6.45, 7) is 13.1. The number of rotatable bonds is 4. The highest BCUT2D eigenvalue weighted by Gasteiger charge is 2.49. The van der Waals surface area contributed by atoms with Crippen LogP contribution < -0.4 is 5.32 Å². The van der Waals surface area contributed by atoms with Crippen LogP contribution in [0.25, 0.3) is 0 Å². The Morgan fingerprint density at radius 1 is 1.12 bits per heavy atom. The number of carbonyl (C=O) groups excluding carboxylic acids is 2. The van der Waals surface area contributed by atoms with E-state index >= 15 is 0 Å². The Bertz CT molecular complexity index is 664. The largest absolute Gasteiger partial charge is 0.459 e. The number of esters is 1. The van der Waals surface area contributed by atoms with E-state index < -0.39 is 23.1 Å². The van der Waals surface area contributed by atoms with Crippen molar-refractivity contribution in [1.29, 1.82) is 0 Å². The average molecular weight is 360 g/mol. The monoisotopic (exact) mass is 360 g/mol. The number of benzene rings is 1. The molecule has 1 fully saturated rings. The summed E-state index contributed by atoms with van der Waals surface area (Å²) in [6, 6.07) is 9.14. The highest BCUT2D eigenvalue weighted by Crippen LogP contribution is 2.40. The fourth-order valence-electron chi connectivity index (χ4n) is 3.50. The van der Waals surface area contributed by atoms with E-state index in [-0.39, 0.29) is 6.10 Å². The highest BCUT2D eigenvalue weighted by atomic mass is 16.7. The first-order chi connectivity index (χ1) is 12.0. The van der Waals surface area contributed by atoms with Crippen LogP contribution in [-0.4, -0.2) is 34.3 Å². The first-order valence-corrected chi connectivity index (χ1v) is 8.72. The third kappa shape index (κ3) is 4.85. The van der Waals surface area contributed by atoms with E-state index in [2.05, 4.69) is 11.9 Å². The Morgan fingerprint density at radius 2 is 1.65 bits per heavy atom. The lowest BCUT2D eigenvalue weighted by Crippen LogP contribution is -2.62. The predicted molar refractivity (Wildman–Crippen MR) is 100 cm³/mol. The summed E-state index contributed by atoms with van der Waals surface area (Å²) < 4.78 is 5.55. The second-order valence-electron chi connectivity index (χ2n) is 8.00. The standard InChI is InChI=1S/C20H28N2O4/c1-14(2)17(23)25-16-12-19(3,4)22(20(5,6)13-16)26-18(24)21-15-10-8-7-9-11-15/h7-11,16H,1,12-13H2,2-6H3,(H,21,24). The molecule has 1 aliphatic heterocycles. The van der Waals surface area contributed by atoms with Crippen LogP contribution in [-0.2, 0) is 14.4 Å². The van der Waals surface area contributed by atoms with E-state index in [1.54, 1.807) is 24.1 Å². The summed E-state index contributed by atoms with van der Waals surface area (Å²) in [7, 11) is 0. The second kappa shape index (κ2) is 7.50. The summed E-state index contributed by atoms with van der Waals surface area (Å²) in [5, 5.41) is 4.42. The summed E-state index contributed by atoms with van der Waals surface area (Å²) in [4.78, 5) is 29.8. The SMILES string of the molecule is C=C(C)C(=O)OC1CC(C)(C)N(OC(=O)Nc2ccccc2)C(C)(C)C1. The third-order valence-electron chi connectivity index (χ3n) is 4.37. The van der Waals surface area contributed by atoms with Crippen molar-refractivity contribution >= 4 is 17.7 Å². The molecule has 0 saturated carbocycles. The number of nitrogens with one attached hydrogen (secondary N) is 1. The smallest absolute Gasteiger partial charge is 0.430 e. The molecule has 6 heteroatoms. The van der Waals surface area contributed by atoms with Crippen molar-refractivity contribution in [3.05, 3.63) is 42.5 Å². The van der Waals surface area contributed by atoms with Gasteiger partial charge in [0.15, 0.2) is 0 Å². The van der Waals surface area contributed by atoms with Crippen molar-refractivity contribution < 1.29 is 19.2 Å². The highest BCUT2D eigenvalue weighted by molar-refractivity contribution is 5.87. The fraction of sp³-hybridized carbons (Fsp3) is 0.500. The number of hydroxylamine groups is 2. The molecule has 1 heterocycles. The summed E-state index contributed by atoms with van der Waals surface area (Å²) in [6.07, 6.45) is 0.290. The van der Waals surface area contributed by atoms with Gasteiger partial charge in [0.25, 0.3) is 0 Å². The first kappa shape index (κ1) is 20.0. The van der Waals surface area contributed by atoms with Crippen molar-refractivity contribution in [3.63, 3.8) is 0 Å². The molecule has 6 nitrogen and oxygen atoms in total. The summed E-state index contributed by atoms with van der Waals surface area (Å²) in [5.74, 6) is -0.391. The van der Waals surface area contributed by atoms with Crippen molar-refractivity contribution in [2.24, 2.45) is 0 Å². The molecule has 0 aliphatic carbocycles. The van der Waals surface area contributed by atoms with Crippen LogP contribution in [0.2, 0.25) is 0 Å². The van der Waals surface area contributed by atoms with E-state index in [9.17, 15) is 9.59 Å². The van der Waals surface area contributed by atoms with Gasteiger partial charge in [-0.2, -0.15) is 0 Å². The first-order valence-electron chi connectivity index (χ1n) is 8.72. The Hall–Kier alpha value is -2.34. The molecule has 142 valence electrons. The number of para-hydroxylation sites is 1. The van der Waals surface area contributed by atoms with Gasteiger partial charge in [0.1, 0.15) is 6.10 Å². The lowest BCUT2D eigenvalue weighted by Gasteiger charge is -2.52. The normalized spacial score (nSPS) is 19.4. The average Bonchev–Trinajstić information content (AvgIpc) is 2.51. The van der Waals surface area contributed by atoms with Gasteiger partial charge < -0.3 is 9.57 Å². The van der Waals surface area contributed by atoms with Crippen LogP contribution in [0.3, 0.4) is 0 Å². The number of ether oxygens (including phenoxy) is 1. The molecule has 0 bridgehead atoms. The molecule has 1 amide bonds. The number of anilines is 1. The van der Waals surface area contributed by atoms with Gasteiger partial charge in [-0.25, -0.2) is 9.59 Å². The van der Waals surface area contributed by atoms with Crippen molar-refractivity contribution in [2.75, 3.05) is 5.32 Å². The lowest BCUT2D eigenvalue weighted by atomic mass is 9.80. The molecule has 1 aromatic rings. The summed E-state index contributed by atoms with van der Waals surface area (Å²) in [5.41, 5.74) is 0.0333. The van der Waals surface area contributed by atoms with Gasteiger partial charge in [-0.15, -0.1) is 5.06 Å². The maximum atomic E-state index is 12.3. The van der Waals surface area contributed by atoms with Crippen molar-refractivity contribution in [3.8, 4) is 0 Å². The zero-order chi connectivity index (χ0) is 19.5. The molecule has 0 radical (unpaired) electrons. The molecule has 1 saturated heterocycles. The van der Waals surface area contributed by atoms with Crippen LogP contribution in [0.4, 0.5) is 10.5 Å². The second-order valence-corrected chi connectivity index (χ2v) is 8.00. The minimum atomic E-state index is -0.547. The van der Waals surface area contributed by atoms with Crippen LogP contribution in [0.15, 0.2) is 42.5 Å². The molecule has 2 rings (SSSR count). The van der Waals surface area contributed by atoms with Gasteiger partial charge in [-0.05, 0) is 46.8 Å². The van der Waals surface area contributed by atoms with Crippen LogP contribution in [0, 0.1) is 0 Å². The van der Waals surface area contributed by atoms with E-state index in [0.717, 1.165) is 0 Å². The molecule has 1 aromatic carbocycles. The van der Waals surface area contributed by atoms with Gasteiger partial charge >= 0.3 is 12.1 Å². The van der Waals surface area contributed by atoms with E-state index in [0.29, 0.717) is 24.1 Å². The fourth-order valence-corrected chi connectivity index (χ4v) is 3.50. The number of piperidine rings is 1. The van der Waals surface area contributed by atoms with Crippen LogP contribution in [0.5, 0.6) is 0 Å². The Morgan fingerprint density at radius 3 is 2.15 bits per heavy atom. The Balaban J connectivity index is 2.07. The minimum Gasteiger partial charge on any atom is -0.459 e. The maximum Gasteiger partial charge on any atom is 0.430 e. The minimum absolute atomic E-state index is 0.263. The van der Waals surface area contributed by atoms with Gasteiger partial charge in [0.05, 0.1) is 11.1 Å². The van der Waals surface area contributed by atoms with Gasteiger partial charge in [0, 0.05) is 24.1 Å². The number of carbonyl (C=O) groups is 2. The number of amides is 1. The molecular formula is C20H28N2O4. The third-order valence-corrected chi connectivity index (χ3v) is 4.37. The van der Waals surface area contributed by atoms with Crippen molar-refractivity contribution in [1.82, 2.24) is 5.06 Å². The molecule has 1 aliphatic rings. The maximum absolute atomic E-state index is 12.3. The van der Waals surface area contributed by atoms with Crippen molar-refractivity contribution in [2.45, 2.75) is 64.6 Å². The van der Waals surface area contributed by atoms with Gasteiger partial charge in [-0.3, -0.25) is 5.32 Å². The van der Waals surface area contributed by atoms with Gasteiger partial charge in [-0.1, -0.05) is 24.8 Å². The van der Waals surface area contributed by atoms with Crippen LogP contribution >= 0.6 is 0 Å². The van der Waals surface area contributed by atoms with E-state index in [4.69, 9.17) is 9.57 Å². The van der Waals surface area contributed by atoms with Crippen LogP contribution in [0.1, 0.15) is 47.5 Å².